The SMILES string of the molecule is CCc1nc(SCC(=O)Nc2sc3c(c2C(N)=O)CCCC3)n[nH]1. The first-order chi connectivity index (χ1) is 11.6. The zero-order chi connectivity index (χ0) is 17.1. The Kier molecular flexibility index (Phi) is 5.20. The van der Waals surface area contributed by atoms with Gasteiger partial charge in [0.2, 0.25) is 11.1 Å². The van der Waals surface area contributed by atoms with Crippen molar-refractivity contribution in [2.24, 2.45) is 5.73 Å². The Bertz CT molecular complexity index is 768. The molecule has 2 heterocycles. The number of nitrogens with zero attached hydrogens (tertiary/aromatic N) is 2. The Balaban J connectivity index is 1.67. The summed E-state index contributed by atoms with van der Waals surface area (Å²) < 4.78 is 0. The van der Waals surface area contributed by atoms with Crippen LogP contribution < -0.4 is 11.1 Å². The molecule has 1 aliphatic rings. The number of hydrogen-bond acceptors (Lipinski definition) is 6. The highest BCUT2D eigenvalue weighted by molar-refractivity contribution is 7.99. The number of aryl methyl sites for hydroxylation is 2. The third-order valence-electron chi connectivity index (χ3n) is 3.85. The molecule has 0 saturated carbocycles. The van der Waals surface area contributed by atoms with E-state index in [1.807, 2.05) is 6.92 Å². The largest absolute Gasteiger partial charge is 0.365 e. The van der Waals surface area contributed by atoms with Crippen LogP contribution in [-0.4, -0.2) is 32.7 Å². The first-order valence-electron chi connectivity index (χ1n) is 7.86. The highest BCUT2D eigenvalue weighted by Crippen LogP contribution is 2.37. The third kappa shape index (κ3) is 3.62. The number of thioether (sulfide) groups is 1. The number of H-pyrrole nitrogens is 1. The van der Waals surface area contributed by atoms with Crippen molar-refractivity contribution in [3.63, 3.8) is 0 Å². The molecule has 0 fully saturated rings. The van der Waals surface area contributed by atoms with Crippen LogP contribution in [0.2, 0.25) is 0 Å². The van der Waals surface area contributed by atoms with Crippen LogP contribution in [0.15, 0.2) is 5.16 Å². The molecular weight excluding hydrogens is 346 g/mol. The highest BCUT2D eigenvalue weighted by atomic mass is 32.2. The molecule has 1 aliphatic carbocycles. The van der Waals surface area contributed by atoms with E-state index in [-0.39, 0.29) is 11.7 Å². The van der Waals surface area contributed by atoms with Gasteiger partial charge in [0.05, 0.1) is 11.3 Å². The molecule has 4 N–H and O–H groups in total. The Labute approximate surface area is 147 Å². The van der Waals surface area contributed by atoms with E-state index in [9.17, 15) is 9.59 Å². The van der Waals surface area contributed by atoms with E-state index >= 15 is 0 Å². The van der Waals surface area contributed by atoms with E-state index in [1.54, 1.807) is 0 Å². The maximum atomic E-state index is 12.2. The smallest absolute Gasteiger partial charge is 0.251 e. The van der Waals surface area contributed by atoms with Gasteiger partial charge in [0.1, 0.15) is 10.8 Å². The van der Waals surface area contributed by atoms with Gasteiger partial charge in [-0.05, 0) is 31.2 Å². The number of primary amides is 1. The van der Waals surface area contributed by atoms with Crippen molar-refractivity contribution in [2.45, 2.75) is 44.2 Å². The van der Waals surface area contributed by atoms with Gasteiger partial charge in [0, 0.05) is 11.3 Å². The summed E-state index contributed by atoms with van der Waals surface area (Å²) in [5, 5.41) is 10.8. The number of nitrogens with one attached hydrogen (secondary N) is 2. The van der Waals surface area contributed by atoms with Crippen molar-refractivity contribution < 1.29 is 9.59 Å². The number of nitrogens with two attached hydrogens (primary N) is 1. The van der Waals surface area contributed by atoms with Crippen molar-refractivity contribution in [1.82, 2.24) is 15.2 Å². The first kappa shape index (κ1) is 17.0. The van der Waals surface area contributed by atoms with Crippen LogP contribution >= 0.6 is 23.1 Å². The van der Waals surface area contributed by atoms with Gasteiger partial charge in [-0.25, -0.2) is 4.98 Å². The number of anilines is 1. The van der Waals surface area contributed by atoms with Gasteiger partial charge in [-0.2, -0.15) is 0 Å². The van der Waals surface area contributed by atoms with Crippen LogP contribution in [0.1, 0.15) is 46.4 Å². The predicted octanol–water partition coefficient (Wildman–Crippen LogP) is 2.14. The molecule has 3 rings (SSSR count). The summed E-state index contributed by atoms with van der Waals surface area (Å²) in [5.74, 6) is 0.310. The van der Waals surface area contributed by atoms with Gasteiger partial charge in [-0.3, -0.25) is 14.7 Å². The standard InChI is InChI=1S/C15H19N5O2S2/c1-2-10-17-15(20-19-10)23-7-11(21)18-14-12(13(16)22)8-5-3-4-6-9(8)24-14/h2-7H2,1H3,(H2,16,22)(H,18,21)(H,17,19,20). The number of carbonyl (C=O) groups excluding carboxylic acids is 2. The lowest BCUT2D eigenvalue weighted by atomic mass is 9.95. The molecule has 0 radical (unpaired) electrons. The molecule has 0 aliphatic heterocycles. The molecule has 7 nitrogen and oxygen atoms in total. The summed E-state index contributed by atoms with van der Waals surface area (Å²) in [7, 11) is 0. The number of hydrogen-bond donors (Lipinski definition) is 3. The van der Waals surface area contributed by atoms with Crippen molar-refractivity contribution in [1.29, 1.82) is 0 Å². The zero-order valence-electron chi connectivity index (χ0n) is 13.3. The number of rotatable bonds is 6. The van der Waals surface area contributed by atoms with Crippen molar-refractivity contribution in [2.75, 3.05) is 11.1 Å². The van der Waals surface area contributed by atoms with E-state index in [4.69, 9.17) is 5.73 Å². The highest BCUT2D eigenvalue weighted by Gasteiger charge is 2.25. The number of aromatic amines is 1. The van der Waals surface area contributed by atoms with E-state index in [0.717, 1.165) is 43.5 Å². The summed E-state index contributed by atoms with van der Waals surface area (Å²) in [5.41, 5.74) is 7.03. The normalized spacial score (nSPS) is 13.5. The first-order valence-corrected chi connectivity index (χ1v) is 9.67. The molecule has 0 aromatic carbocycles. The number of thiophene rings is 1. The molecule has 0 unspecified atom stereocenters. The minimum Gasteiger partial charge on any atom is -0.365 e. The van der Waals surface area contributed by atoms with Crippen molar-refractivity contribution >= 4 is 39.9 Å². The summed E-state index contributed by atoms with van der Waals surface area (Å²) >= 11 is 2.72. The van der Waals surface area contributed by atoms with Gasteiger partial charge in [0.15, 0.2) is 0 Å². The Morgan fingerprint density at radius 3 is 2.88 bits per heavy atom. The molecular formula is C15H19N5O2S2. The Hall–Kier alpha value is -1.87. The van der Waals surface area contributed by atoms with Crippen LogP contribution in [-0.2, 0) is 24.1 Å². The summed E-state index contributed by atoms with van der Waals surface area (Å²) in [6.07, 6.45) is 4.73. The van der Waals surface area contributed by atoms with E-state index in [0.29, 0.717) is 15.7 Å². The van der Waals surface area contributed by atoms with Gasteiger partial charge in [-0.15, -0.1) is 16.4 Å². The maximum absolute atomic E-state index is 12.2. The molecule has 2 aromatic rings. The minimum atomic E-state index is -0.473. The minimum absolute atomic E-state index is 0.182. The van der Waals surface area contributed by atoms with E-state index < -0.39 is 5.91 Å². The molecule has 0 saturated heterocycles. The van der Waals surface area contributed by atoms with Crippen molar-refractivity contribution in [3.8, 4) is 0 Å². The molecule has 128 valence electrons. The summed E-state index contributed by atoms with van der Waals surface area (Å²) in [4.78, 5) is 29.4. The lowest BCUT2D eigenvalue weighted by Gasteiger charge is -2.11. The molecule has 24 heavy (non-hydrogen) atoms. The molecule has 0 atom stereocenters. The molecule has 2 amide bonds. The lowest BCUT2D eigenvalue weighted by Crippen LogP contribution is -2.19. The Morgan fingerprint density at radius 1 is 1.38 bits per heavy atom. The lowest BCUT2D eigenvalue weighted by molar-refractivity contribution is -0.113. The fourth-order valence-corrected chi connectivity index (χ4v) is 4.64. The second-order valence-corrected chi connectivity index (χ2v) is 7.58. The van der Waals surface area contributed by atoms with Crippen LogP contribution in [0.25, 0.3) is 0 Å². The van der Waals surface area contributed by atoms with Crippen LogP contribution in [0.3, 0.4) is 0 Å². The fourth-order valence-electron chi connectivity index (χ4n) is 2.71. The van der Waals surface area contributed by atoms with E-state index in [2.05, 4.69) is 20.5 Å². The molecule has 0 bridgehead atoms. The van der Waals surface area contributed by atoms with Gasteiger partial charge in [0.25, 0.3) is 5.91 Å². The second-order valence-electron chi connectivity index (χ2n) is 5.53. The predicted molar refractivity (Wildman–Crippen MR) is 94.6 cm³/mol. The maximum Gasteiger partial charge on any atom is 0.251 e. The molecule has 2 aromatic heterocycles. The number of fused-ring (bicyclic) bond motifs is 1. The third-order valence-corrected chi connectivity index (χ3v) is 5.90. The summed E-state index contributed by atoms with van der Waals surface area (Å²) in [6, 6.07) is 0. The van der Waals surface area contributed by atoms with Gasteiger partial charge in [-0.1, -0.05) is 18.7 Å². The molecule has 9 heteroatoms. The van der Waals surface area contributed by atoms with Gasteiger partial charge < -0.3 is 11.1 Å². The van der Waals surface area contributed by atoms with Crippen LogP contribution in [0.4, 0.5) is 5.00 Å². The summed E-state index contributed by atoms with van der Waals surface area (Å²) in [6.45, 7) is 1.98. The number of aromatic nitrogens is 3. The fraction of sp³-hybridized carbons (Fsp3) is 0.467. The number of amides is 2. The average Bonchev–Trinajstić information content (AvgIpc) is 3.16. The monoisotopic (exact) mass is 365 g/mol. The van der Waals surface area contributed by atoms with Crippen LogP contribution in [0.5, 0.6) is 0 Å². The quantitative estimate of drug-likeness (QED) is 0.679. The Morgan fingerprint density at radius 2 is 2.17 bits per heavy atom. The van der Waals surface area contributed by atoms with Crippen LogP contribution in [0, 0.1) is 0 Å². The zero-order valence-corrected chi connectivity index (χ0v) is 15.0. The number of carbonyl (C=O) groups is 2. The molecule has 0 spiro atoms. The van der Waals surface area contributed by atoms with Crippen molar-refractivity contribution in [3.05, 3.63) is 21.8 Å². The van der Waals surface area contributed by atoms with E-state index in [1.165, 1.54) is 28.0 Å². The second kappa shape index (κ2) is 7.35. The average molecular weight is 365 g/mol. The van der Waals surface area contributed by atoms with Gasteiger partial charge >= 0.3 is 0 Å². The topological polar surface area (TPSA) is 114 Å².